The third-order valence-electron chi connectivity index (χ3n) is 5.37. The maximum atomic E-state index is 12.9. The van der Waals surface area contributed by atoms with Crippen LogP contribution in [0.4, 0.5) is 0 Å². The maximum absolute atomic E-state index is 12.9. The Morgan fingerprint density at radius 3 is 2.19 bits per heavy atom. The van der Waals surface area contributed by atoms with E-state index in [4.69, 9.17) is 16.0 Å². The molecule has 0 aliphatic heterocycles. The number of hydrogen-bond donors (Lipinski definition) is 0. The minimum Gasteiger partial charge on any atom is -0.413 e. The Kier molecular flexibility index (Phi) is 7.12. The molecule has 27 heavy (non-hydrogen) atoms. The van der Waals surface area contributed by atoms with Gasteiger partial charge in [-0.1, -0.05) is 67.4 Å². The molecule has 146 valence electrons. The van der Waals surface area contributed by atoms with E-state index in [0.717, 1.165) is 22.0 Å². The molecule has 0 N–H and O–H groups in total. The number of hydrogen-bond acceptors (Lipinski definition) is 2. The van der Waals surface area contributed by atoms with Crippen LogP contribution in [0.5, 0.6) is 0 Å². The average Bonchev–Trinajstić information content (AvgIpc) is 2.58. The molecule has 2 aromatic rings. The predicted molar refractivity (Wildman–Crippen MR) is 120 cm³/mol. The van der Waals surface area contributed by atoms with Crippen LogP contribution in [0.2, 0.25) is 23.2 Å². The molecule has 0 atom stereocenters. The quantitative estimate of drug-likeness (QED) is 0.326. The summed E-state index contributed by atoms with van der Waals surface area (Å²) >= 11 is 9.88. The third-order valence-corrected chi connectivity index (χ3v) is 10.8. The monoisotopic (exact) mass is 466 g/mol. The van der Waals surface area contributed by atoms with Crippen molar-refractivity contribution < 1.29 is 9.22 Å². The molecule has 0 unspecified atom stereocenters. The maximum Gasteiger partial charge on any atom is 0.195 e. The molecule has 0 bridgehead atoms. The molecule has 0 heterocycles. The first-order valence-corrected chi connectivity index (χ1v) is 13.3. The van der Waals surface area contributed by atoms with Crippen LogP contribution in [0, 0.1) is 0 Å². The smallest absolute Gasteiger partial charge is 0.195 e. The highest BCUT2D eigenvalue weighted by Crippen LogP contribution is 2.37. The van der Waals surface area contributed by atoms with Gasteiger partial charge in [0.05, 0.1) is 11.6 Å². The van der Waals surface area contributed by atoms with Crippen LogP contribution in [0.1, 0.15) is 54.7 Å². The van der Waals surface area contributed by atoms with Gasteiger partial charge in [-0.2, -0.15) is 0 Å². The molecular weight excluding hydrogens is 440 g/mol. The van der Waals surface area contributed by atoms with E-state index in [9.17, 15) is 4.79 Å². The number of rotatable bonds is 6. The number of ketones is 1. The number of aryl methyl sites for hydroxylation is 1. The molecule has 0 spiro atoms. The van der Waals surface area contributed by atoms with E-state index < -0.39 is 8.32 Å². The molecular formula is C22H28BrClO2Si. The van der Waals surface area contributed by atoms with Crippen molar-refractivity contribution in [1.29, 1.82) is 0 Å². The minimum absolute atomic E-state index is 0.0774. The van der Waals surface area contributed by atoms with Crippen LogP contribution in [0.25, 0.3) is 0 Å². The molecule has 0 aliphatic carbocycles. The van der Waals surface area contributed by atoms with Crippen molar-refractivity contribution in [1.82, 2.24) is 0 Å². The van der Waals surface area contributed by atoms with Crippen molar-refractivity contribution in [2.75, 3.05) is 0 Å². The number of halogens is 2. The first kappa shape index (κ1) is 22.3. The first-order valence-electron chi connectivity index (χ1n) is 9.22. The molecule has 0 saturated carbocycles. The van der Waals surface area contributed by atoms with Gasteiger partial charge in [0.2, 0.25) is 0 Å². The zero-order valence-corrected chi connectivity index (χ0v) is 20.3. The molecule has 2 nitrogen and oxygen atoms in total. The number of carbonyl (C=O) groups is 1. The number of benzene rings is 2. The summed E-state index contributed by atoms with van der Waals surface area (Å²) in [6, 6.07) is 11.4. The Labute approximate surface area is 177 Å². The Bertz CT molecular complexity index is 841. The van der Waals surface area contributed by atoms with Crippen LogP contribution >= 0.6 is 27.5 Å². The van der Waals surface area contributed by atoms with Crippen molar-refractivity contribution in [2.24, 2.45) is 0 Å². The Morgan fingerprint density at radius 1 is 1.07 bits per heavy atom. The summed E-state index contributed by atoms with van der Waals surface area (Å²) in [6.07, 6.45) is 0.890. The first-order chi connectivity index (χ1) is 12.5. The summed E-state index contributed by atoms with van der Waals surface area (Å²) < 4.78 is 7.04. The molecule has 0 fully saturated rings. The van der Waals surface area contributed by atoms with Crippen molar-refractivity contribution in [3.63, 3.8) is 0 Å². The lowest BCUT2D eigenvalue weighted by atomic mass is 10.0. The summed E-state index contributed by atoms with van der Waals surface area (Å²) in [5, 5.41) is 0.665. The molecule has 0 amide bonds. The molecule has 0 radical (unpaired) electrons. The summed E-state index contributed by atoms with van der Waals surface area (Å²) in [4.78, 5) is 12.9. The highest BCUT2D eigenvalue weighted by atomic mass is 79.9. The van der Waals surface area contributed by atoms with E-state index in [1.807, 2.05) is 36.4 Å². The fourth-order valence-corrected chi connectivity index (χ4v) is 4.28. The van der Waals surface area contributed by atoms with Crippen LogP contribution in [-0.4, -0.2) is 14.1 Å². The van der Waals surface area contributed by atoms with Gasteiger partial charge in [0.15, 0.2) is 14.1 Å². The van der Waals surface area contributed by atoms with E-state index in [1.54, 1.807) is 0 Å². The van der Waals surface area contributed by atoms with Crippen molar-refractivity contribution in [3.05, 3.63) is 68.1 Å². The number of carbonyl (C=O) groups excluding carboxylic acids is 1. The highest BCUT2D eigenvalue weighted by molar-refractivity contribution is 9.10. The second-order valence-electron chi connectivity index (χ2n) is 8.36. The fourth-order valence-electron chi connectivity index (χ4n) is 2.42. The molecule has 2 rings (SSSR count). The van der Waals surface area contributed by atoms with Crippen LogP contribution in [0.3, 0.4) is 0 Å². The lowest BCUT2D eigenvalue weighted by Crippen LogP contribution is -2.40. The Morgan fingerprint density at radius 2 is 1.67 bits per heavy atom. The van der Waals surface area contributed by atoms with Gasteiger partial charge in [0, 0.05) is 15.6 Å². The Balaban J connectivity index is 2.20. The lowest BCUT2D eigenvalue weighted by molar-refractivity contribution is 0.103. The summed E-state index contributed by atoms with van der Waals surface area (Å²) in [6.45, 7) is 13.8. The van der Waals surface area contributed by atoms with E-state index in [-0.39, 0.29) is 10.8 Å². The van der Waals surface area contributed by atoms with Gasteiger partial charge in [-0.3, -0.25) is 4.79 Å². The van der Waals surface area contributed by atoms with Gasteiger partial charge in [0.25, 0.3) is 0 Å². The average molecular weight is 468 g/mol. The van der Waals surface area contributed by atoms with Crippen LogP contribution in [0.15, 0.2) is 40.9 Å². The van der Waals surface area contributed by atoms with Crippen molar-refractivity contribution in [2.45, 2.75) is 58.9 Å². The molecule has 0 aliphatic rings. The van der Waals surface area contributed by atoms with E-state index in [2.05, 4.69) is 56.7 Å². The Hall–Kier alpha value is -0.943. The van der Waals surface area contributed by atoms with Gasteiger partial charge in [-0.05, 0) is 59.9 Å². The van der Waals surface area contributed by atoms with Gasteiger partial charge in [0.1, 0.15) is 0 Å². The van der Waals surface area contributed by atoms with Gasteiger partial charge < -0.3 is 4.43 Å². The van der Waals surface area contributed by atoms with Gasteiger partial charge in [-0.15, -0.1) is 0 Å². The molecule has 0 aromatic heterocycles. The predicted octanol–water partition coefficient (Wildman–Crippen LogP) is 7.42. The standard InChI is InChI=1S/C22H28BrClO2Si/c1-7-15-8-11-18(20(24)13-15)21(25)17-10-9-16(12-19(17)23)14-26-27(5,6)22(2,3)4/h8-13H,7,14H2,1-6H3. The highest BCUT2D eigenvalue weighted by Gasteiger charge is 2.37. The normalized spacial score (nSPS) is 12.3. The van der Waals surface area contributed by atoms with E-state index in [0.29, 0.717) is 22.8 Å². The largest absolute Gasteiger partial charge is 0.413 e. The van der Waals surface area contributed by atoms with Crippen LogP contribution in [-0.2, 0) is 17.5 Å². The topological polar surface area (TPSA) is 26.3 Å². The molecule has 0 saturated heterocycles. The SMILES string of the molecule is CCc1ccc(C(=O)c2ccc(CO[Si](C)(C)C(C)(C)C)cc2Br)c(Cl)c1. The zero-order chi connectivity index (χ0) is 20.4. The minimum atomic E-state index is -1.81. The van der Waals surface area contributed by atoms with Gasteiger partial charge in [-0.25, -0.2) is 0 Å². The van der Waals surface area contributed by atoms with E-state index >= 15 is 0 Å². The van der Waals surface area contributed by atoms with E-state index in [1.165, 1.54) is 0 Å². The summed E-state index contributed by atoms with van der Waals surface area (Å²) in [5.74, 6) is -0.0774. The fraction of sp³-hybridized carbons (Fsp3) is 0.409. The van der Waals surface area contributed by atoms with Crippen LogP contribution < -0.4 is 0 Å². The zero-order valence-electron chi connectivity index (χ0n) is 17.0. The van der Waals surface area contributed by atoms with Gasteiger partial charge >= 0.3 is 0 Å². The summed E-state index contributed by atoms with van der Waals surface area (Å²) in [7, 11) is -1.81. The molecule has 2 aromatic carbocycles. The second-order valence-corrected chi connectivity index (χ2v) is 14.4. The van der Waals surface area contributed by atoms with Crippen molar-refractivity contribution >= 4 is 41.6 Å². The lowest BCUT2D eigenvalue weighted by Gasteiger charge is -2.36. The molecule has 5 heteroatoms. The second kappa shape index (κ2) is 8.60. The van der Waals surface area contributed by atoms with Crippen molar-refractivity contribution in [3.8, 4) is 0 Å². The third kappa shape index (κ3) is 5.32. The summed E-state index contributed by atoms with van der Waals surface area (Å²) in [5.41, 5.74) is 3.31.